The lowest BCUT2D eigenvalue weighted by Gasteiger charge is -2.20. The van der Waals surface area contributed by atoms with Gasteiger partial charge in [0.2, 0.25) is 5.91 Å². The number of aliphatic hydroxyl groups is 2. The first-order valence-corrected chi connectivity index (χ1v) is 36.3. The summed E-state index contributed by atoms with van der Waals surface area (Å²) >= 11 is 0. The number of ether oxygens (including phenoxy) is 1. The Kier molecular flexibility index (Phi) is 67.9. The number of rotatable bonds is 68. The molecule has 0 saturated heterocycles. The van der Waals surface area contributed by atoms with Gasteiger partial charge in [0.15, 0.2) is 0 Å². The predicted octanol–water partition coefficient (Wildman–Crippen LogP) is 23.5. The number of amides is 1. The van der Waals surface area contributed by atoms with E-state index in [1.54, 1.807) is 6.08 Å². The minimum atomic E-state index is -0.847. The van der Waals surface area contributed by atoms with Crippen LogP contribution in [0.5, 0.6) is 0 Å². The number of esters is 1. The Morgan fingerprint density at radius 3 is 0.887 bits per heavy atom. The molecule has 0 fully saturated rings. The van der Waals surface area contributed by atoms with E-state index in [0.29, 0.717) is 19.4 Å². The van der Waals surface area contributed by atoms with Crippen molar-refractivity contribution in [1.29, 1.82) is 0 Å². The summed E-state index contributed by atoms with van der Waals surface area (Å²) in [6, 6.07) is -0.630. The number of allylic oxidation sites excluding steroid dienone is 5. The maximum Gasteiger partial charge on any atom is 0.305 e. The number of nitrogens with one attached hydrogen (secondary N) is 1. The predicted molar refractivity (Wildman–Crippen MR) is 352 cm³/mol. The molecule has 0 saturated carbocycles. The van der Waals surface area contributed by atoms with Crippen LogP contribution in [0.25, 0.3) is 0 Å². The summed E-state index contributed by atoms with van der Waals surface area (Å²) in [5.74, 6) is -0.0550. The summed E-state index contributed by atoms with van der Waals surface area (Å²) in [5, 5.41) is 23.2. The van der Waals surface area contributed by atoms with Gasteiger partial charge in [0.1, 0.15) is 0 Å². The third-order valence-electron chi connectivity index (χ3n) is 16.9. The first-order valence-electron chi connectivity index (χ1n) is 36.3. The van der Waals surface area contributed by atoms with Gasteiger partial charge in [0.05, 0.1) is 25.4 Å². The van der Waals surface area contributed by atoms with Crippen LogP contribution in [0.15, 0.2) is 36.5 Å². The van der Waals surface area contributed by atoms with Gasteiger partial charge in [-0.2, -0.15) is 0 Å². The standard InChI is InChI=1S/C74H141NO5/c1-3-5-7-9-11-13-15-17-19-21-31-34-38-42-46-50-54-58-62-66-72(77)71(70-76)75-73(78)67-63-59-55-51-47-43-39-35-32-29-27-25-23-24-26-28-30-33-37-41-45-49-53-57-61-65-69-80-74(79)68-64-60-56-52-48-44-40-36-22-20-18-16-14-12-10-8-6-4-2/h20,22-23,25,62,66,71-72,76-77H,3-19,21,24,26-61,63-65,67-70H2,1-2H3,(H,75,78)/b22-20-,25-23-,66-62+. The van der Waals surface area contributed by atoms with Gasteiger partial charge in [-0.05, 0) is 83.5 Å². The minimum absolute atomic E-state index is 0.0116. The molecule has 0 bridgehead atoms. The fraction of sp³-hybridized carbons (Fsp3) is 0.892. The molecule has 80 heavy (non-hydrogen) atoms. The molecule has 2 atom stereocenters. The van der Waals surface area contributed by atoms with Crippen LogP contribution in [-0.2, 0) is 14.3 Å². The van der Waals surface area contributed by atoms with Gasteiger partial charge in [-0.3, -0.25) is 9.59 Å². The van der Waals surface area contributed by atoms with Crippen LogP contribution in [-0.4, -0.2) is 47.4 Å². The highest BCUT2D eigenvalue weighted by Crippen LogP contribution is 2.18. The molecular weight excluding hydrogens is 983 g/mol. The van der Waals surface area contributed by atoms with Crippen LogP contribution >= 0.6 is 0 Å². The summed E-state index contributed by atoms with van der Waals surface area (Å²) < 4.78 is 5.50. The maximum atomic E-state index is 12.5. The number of carbonyl (C=O) groups excluding carboxylic acids is 2. The molecule has 6 heteroatoms. The zero-order valence-corrected chi connectivity index (χ0v) is 54.1. The summed E-state index contributed by atoms with van der Waals surface area (Å²) in [6.45, 7) is 4.93. The Morgan fingerprint density at radius 1 is 0.338 bits per heavy atom. The molecule has 1 amide bonds. The van der Waals surface area contributed by atoms with E-state index in [-0.39, 0.29) is 18.5 Å². The number of hydrogen-bond acceptors (Lipinski definition) is 5. The third kappa shape index (κ3) is 65.2. The summed E-state index contributed by atoms with van der Waals surface area (Å²) in [7, 11) is 0. The fourth-order valence-electron chi connectivity index (χ4n) is 11.3. The van der Waals surface area contributed by atoms with E-state index >= 15 is 0 Å². The number of unbranched alkanes of at least 4 members (excludes halogenated alkanes) is 53. The maximum absolute atomic E-state index is 12.5. The van der Waals surface area contributed by atoms with Crippen molar-refractivity contribution in [3.8, 4) is 0 Å². The average molecular weight is 1120 g/mol. The Balaban J connectivity index is 3.40. The van der Waals surface area contributed by atoms with Gasteiger partial charge < -0.3 is 20.3 Å². The van der Waals surface area contributed by atoms with Gasteiger partial charge in [0.25, 0.3) is 0 Å². The smallest absolute Gasteiger partial charge is 0.305 e. The molecule has 0 aromatic carbocycles. The normalized spacial score (nSPS) is 12.7. The molecule has 2 unspecified atom stereocenters. The van der Waals surface area contributed by atoms with Gasteiger partial charge in [0, 0.05) is 12.8 Å². The van der Waals surface area contributed by atoms with Crippen molar-refractivity contribution in [1.82, 2.24) is 5.32 Å². The van der Waals surface area contributed by atoms with Crippen LogP contribution < -0.4 is 5.32 Å². The van der Waals surface area contributed by atoms with E-state index in [9.17, 15) is 19.8 Å². The van der Waals surface area contributed by atoms with E-state index in [4.69, 9.17) is 4.74 Å². The van der Waals surface area contributed by atoms with Crippen LogP contribution in [0.2, 0.25) is 0 Å². The highest BCUT2D eigenvalue weighted by Gasteiger charge is 2.18. The monoisotopic (exact) mass is 1120 g/mol. The molecule has 0 aliphatic rings. The first-order chi connectivity index (χ1) is 39.5. The van der Waals surface area contributed by atoms with Crippen molar-refractivity contribution in [3.05, 3.63) is 36.5 Å². The van der Waals surface area contributed by atoms with Crippen molar-refractivity contribution in [3.63, 3.8) is 0 Å². The minimum Gasteiger partial charge on any atom is -0.466 e. The van der Waals surface area contributed by atoms with Crippen LogP contribution in [0, 0.1) is 0 Å². The molecule has 0 aromatic rings. The SMILES string of the molecule is CCCCCCCCC/C=C\CCCCCCCCCC(=O)OCCCCCCCCCCCCCC/C=C\CCCCCCCCCCCCC(=O)NC(CO)C(O)/C=C/CCCCCCCCCCCCCCCCCCC. The van der Waals surface area contributed by atoms with E-state index in [1.165, 1.54) is 327 Å². The molecule has 0 aliphatic heterocycles. The van der Waals surface area contributed by atoms with Gasteiger partial charge in [-0.25, -0.2) is 0 Å². The van der Waals surface area contributed by atoms with Gasteiger partial charge in [-0.15, -0.1) is 0 Å². The fourth-order valence-corrected chi connectivity index (χ4v) is 11.3. The first kappa shape index (κ1) is 78.1. The number of carbonyl (C=O) groups is 2. The van der Waals surface area contributed by atoms with Crippen molar-refractivity contribution >= 4 is 11.9 Å². The lowest BCUT2D eigenvalue weighted by atomic mass is 10.0. The molecule has 0 aromatic heterocycles. The molecule has 472 valence electrons. The van der Waals surface area contributed by atoms with Crippen LogP contribution in [0.1, 0.15) is 399 Å². The molecule has 0 radical (unpaired) electrons. The van der Waals surface area contributed by atoms with E-state index < -0.39 is 12.1 Å². The lowest BCUT2D eigenvalue weighted by Crippen LogP contribution is -2.45. The summed E-state index contributed by atoms with van der Waals surface area (Å²) in [5.41, 5.74) is 0. The average Bonchev–Trinajstić information content (AvgIpc) is 3.46. The highest BCUT2D eigenvalue weighted by atomic mass is 16.5. The second-order valence-electron chi connectivity index (χ2n) is 24.9. The molecular formula is C74H141NO5. The Morgan fingerprint density at radius 2 is 0.588 bits per heavy atom. The zero-order chi connectivity index (χ0) is 57.8. The highest BCUT2D eigenvalue weighted by molar-refractivity contribution is 5.76. The molecule has 0 aliphatic carbocycles. The summed E-state index contributed by atoms with van der Waals surface area (Å²) in [6.07, 6.45) is 89.4. The van der Waals surface area contributed by atoms with Crippen LogP contribution in [0.3, 0.4) is 0 Å². The second kappa shape index (κ2) is 69.6. The van der Waals surface area contributed by atoms with Crippen molar-refractivity contribution < 1.29 is 24.5 Å². The molecule has 6 nitrogen and oxygen atoms in total. The number of hydrogen-bond donors (Lipinski definition) is 3. The van der Waals surface area contributed by atoms with E-state index in [2.05, 4.69) is 43.5 Å². The van der Waals surface area contributed by atoms with Crippen molar-refractivity contribution in [2.24, 2.45) is 0 Å². The topological polar surface area (TPSA) is 95.9 Å². The molecule has 0 rings (SSSR count). The van der Waals surface area contributed by atoms with E-state index in [0.717, 1.165) is 44.9 Å². The summed E-state index contributed by atoms with van der Waals surface area (Å²) in [4.78, 5) is 24.6. The Labute approximate surface area is 500 Å². The van der Waals surface area contributed by atoms with Gasteiger partial charge >= 0.3 is 5.97 Å². The molecule has 0 spiro atoms. The lowest BCUT2D eigenvalue weighted by molar-refractivity contribution is -0.143. The molecule has 0 heterocycles. The second-order valence-corrected chi connectivity index (χ2v) is 24.9. The quantitative estimate of drug-likeness (QED) is 0.0320. The Bertz CT molecular complexity index is 1300. The van der Waals surface area contributed by atoms with Crippen molar-refractivity contribution in [2.45, 2.75) is 411 Å². The Hall–Kier alpha value is -1.92. The zero-order valence-electron chi connectivity index (χ0n) is 54.1. The van der Waals surface area contributed by atoms with Crippen LogP contribution in [0.4, 0.5) is 0 Å². The largest absolute Gasteiger partial charge is 0.466 e. The molecule has 3 N–H and O–H groups in total. The van der Waals surface area contributed by atoms with E-state index in [1.807, 2.05) is 6.08 Å². The number of aliphatic hydroxyl groups excluding tert-OH is 2. The van der Waals surface area contributed by atoms with Gasteiger partial charge in [-0.1, -0.05) is 339 Å². The van der Waals surface area contributed by atoms with Crippen molar-refractivity contribution in [2.75, 3.05) is 13.2 Å². The third-order valence-corrected chi connectivity index (χ3v) is 16.9.